The molecule has 6 aliphatic rings. The van der Waals surface area contributed by atoms with Crippen LogP contribution in [-0.4, -0.2) is 20.1 Å². The molecule has 0 saturated carbocycles. The summed E-state index contributed by atoms with van der Waals surface area (Å²) >= 11 is 0. The van der Waals surface area contributed by atoms with E-state index >= 15 is 0 Å². The SMILES string of the molecule is N#Cc1cc2c3c(c1)Oc1cc4c(cc1B3c1ccccc1O2)B1c2cc3c(cc2N(c2ccccc2)c2cc(C#N)cc(c21)N4c1ccccc1)Oc1cc(C#N)cc2c1B3c1ccccc1O2. The number of hydrogen-bond acceptors (Lipinski definition) is 9. The van der Waals surface area contributed by atoms with E-state index in [1.807, 2.05) is 84.9 Å². The number of para-hydroxylation sites is 4. The number of ether oxygens (including phenoxy) is 4. The first-order valence-corrected chi connectivity index (χ1v) is 22.7. The molecule has 12 heteroatoms. The first-order valence-electron chi connectivity index (χ1n) is 22.7. The van der Waals surface area contributed by atoms with Crippen LogP contribution in [0.25, 0.3) is 0 Å². The van der Waals surface area contributed by atoms with Crippen LogP contribution in [0.15, 0.2) is 170 Å². The highest BCUT2D eigenvalue weighted by Crippen LogP contribution is 2.47. The normalized spacial score (nSPS) is 13.8. The van der Waals surface area contributed by atoms with Gasteiger partial charge in [-0.05, 0) is 111 Å². The maximum atomic E-state index is 10.9. The van der Waals surface area contributed by atoms with Crippen LogP contribution in [0.3, 0.4) is 0 Å². The molecule has 9 aromatic rings. The van der Waals surface area contributed by atoms with Crippen LogP contribution in [0.2, 0.25) is 0 Å². The van der Waals surface area contributed by atoms with Gasteiger partial charge in [-0.25, -0.2) is 0 Å². The Morgan fingerprint density at radius 3 is 1.09 bits per heavy atom. The summed E-state index contributed by atoms with van der Waals surface area (Å²) in [4.78, 5) is 4.53. The van der Waals surface area contributed by atoms with Crippen molar-refractivity contribution in [3.63, 3.8) is 0 Å². The molecular formula is C57H28B3N5O4. The smallest absolute Gasteiger partial charge is 0.260 e. The molecule has 6 aliphatic heterocycles. The Hall–Kier alpha value is -9.56. The first kappa shape index (κ1) is 37.6. The van der Waals surface area contributed by atoms with Gasteiger partial charge in [0.25, 0.3) is 20.1 Å². The van der Waals surface area contributed by atoms with Crippen molar-refractivity contribution in [2.75, 3.05) is 9.80 Å². The van der Waals surface area contributed by atoms with Gasteiger partial charge < -0.3 is 28.7 Å². The third-order valence-electron chi connectivity index (χ3n) is 14.5. The van der Waals surface area contributed by atoms with E-state index in [2.05, 4.69) is 88.7 Å². The molecule has 0 radical (unpaired) electrons. The molecule has 69 heavy (non-hydrogen) atoms. The number of benzene rings is 9. The van der Waals surface area contributed by atoms with Gasteiger partial charge in [0.05, 0.1) is 34.9 Å². The highest BCUT2D eigenvalue weighted by Gasteiger charge is 2.49. The number of nitriles is 3. The van der Waals surface area contributed by atoms with Crippen molar-refractivity contribution in [3.05, 3.63) is 187 Å². The minimum Gasteiger partial charge on any atom is -0.458 e. The molecule has 314 valence electrons. The summed E-state index contributed by atoms with van der Waals surface area (Å²) in [5.41, 5.74) is 15.7. The predicted octanol–water partition coefficient (Wildman–Crippen LogP) is 6.84. The van der Waals surface area contributed by atoms with E-state index in [4.69, 9.17) is 18.9 Å². The van der Waals surface area contributed by atoms with Gasteiger partial charge in [0.15, 0.2) is 0 Å². The second-order valence-electron chi connectivity index (χ2n) is 18.1. The lowest BCUT2D eigenvalue weighted by atomic mass is 9.29. The Labute approximate surface area is 397 Å². The van der Waals surface area contributed by atoms with Gasteiger partial charge in [0, 0.05) is 57.2 Å². The highest BCUT2D eigenvalue weighted by atomic mass is 16.5. The summed E-state index contributed by atoms with van der Waals surface area (Å²) in [6.45, 7) is -0.875. The summed E-state index contributed by atoms with van der Waals surface area (Å²) in [6, 6.07) is 64.1. The van der Waals surface area contributed by atoms with E-state index in [1.165, 1.54) is 0 Å². The molecule has 9 aromatic carbocycles. The lowest BCUT2D eigenvalue weighted by molar-refractivity contribution is 0.464. The Morgan fingerprint density at radius 2 is 0.667 bits per heavy atom. The third-order valence-corrected chi connectivity index (χ3v) is 14.5. The molecule has 0 spiro atoms. The fraction of sp³-hybridized carbons (Fsp3) is 0. The van der Waals surface area contributed by atoms with Crippen molar-refractivity contribution >= 4 is 103 Å². The number of rotatable bonds is 2. The molecule has 0 bridgehead atoms. The fourth-order valence-corrected chi connectivity index (χ4v) is 11.8. The molecule has 15 rings (SSSR count). The van der Waals surface area contributed by atoms with Gasteiger partial charge in [-0.1, -0.05) is 84.9 Å². The second kappa shape index (κ2) is 13.7. The summed E-state index contributed by atoms with van der Waals surface area (Å²) in [5.74, 6) is 5.18. The Morgan fingerprint density at radius 1 is 0.304 bits per heavy atom. The van der Waals surface area contributed by atoms with Crippen LogP contribution < -0.4 is 77.9 Å². The average molecular weight is 879 g/mol. The molecule has 0 atom stereocenters. The molecule has 0 amide bonds. The van der Waals surface area contributed by atoms with Crippen LogP contribution in [-0.2, 0) is 0 Å². The minimum absolute atomic E-state index is 0.262. The van der Waals surface area contributed by atoms with Crippen LogP contribution in [0.5, 0.6) is 46.0 Å². The number of fused-ring (bicyclic) bond motifs is 12. The minimum atomic E-state index is -0.350. The van der Waals surface area contributed by atoms with E-state index in [1.54, 1.807) is 24.3 Å². The molecule has 0 saturated heterocycles. The topological polar surface area (TPSA) is 115 Å². The van der Waals surface area contributed by atoms with Gasteiger partial charge in [0.1, 0.15) is 46.0 Å². The monoisotopic (exact) mass is 879 g/mol. The Kier molecular flexibility index (Phi) is 7.50. The van der Waals surface area contributed by atoms with Crippen molar-refractivity contribution in [1.82, 2.24) is 0 Å². The molecule has 9 nitrogen and oxygen atoms in total. The molecule has 0 aliphatic carbocycles. The molecule has 0 N–H and O–H groups in total. The van der Waals surface area contributed by atoms with E-state index in [-0.39, 0.29) is 20.1 Å². The lowest BCUT2D eigenvalue weighted by Crippen LogP contribution is -2.65. The number of anilines is 6. The molecule has 0 unspecified atom stereocenters. The number of hydrogen-bond donors (Lipinski definition) is 0. The van der Waals surface area contributed by atoms with E-state index in [0.717, 1.165) is 94.8 Å². The summed E-state index contributed by atoms with van der Waals surface area (Å²) in [5, 5.41) is 31.2. The van der Waals surface area contributed by atoms with Crippen molar-refractivity contribution in [2.45, 2.75) is 0 Å². The quantitative estimate of drug-likeness (QED) is 0.172. The second-order valence-corrected chi connectivity index (χ2v) is 18.1. The van der Waals surface area contributed by atoms with Gasteiger partial charge in [-0.2, -0.15) is 15.8 Å². The van der Waals surface area contributed by atoms with E-state index < -0.39 is 0 Å². The maximum absolute atomic E-state index is 10.9. The van der Waals surface area contributed by atoms with Gasteiger partial charge >= 0.3 is 0 Å². The van der Waals surface area contributed by atoms with Crippen molar-refractivity contribution in [1.29, 1.82) is 15.8 Å². The maximum Gasteiger partial charge on any atom is 0.260 e. The van der Waals surface area contributed by atoms with Crippen LogP contribution in [0, 0.1) is 34.0 Å². The zero-order valence-corrected chi connectivity index (χ0v) is 36.3. The third kappa shape index (κ3) is 5.13. The molecule has 0 fully saturated rings. The molecular weight excluding hydrogens is 851 g/mol. The average Bonchev–Trinajstić information content (AvgIpc) is 3.39. The zero-order valence-electron chi connectivity index (χ0n) is 36.3. The zero-order chi connectivity index (χ0) is 45.6. The lowest BCUT2D eigenvalue weighted by Gasteiger charge is -2.45. The summed E-state index contributed by atoms with van der Waals surface area (Å²) < 4.78 is 27.0. The summed E-state index contributed by atoms with van der Waals surface area (Å²) in [7, 11) is 0. The molecule has 6 heterocycles. The summed E-state index contributed by atoms with van der Waals surface area (Å²) in [6.07, 6.45) is 0. The van der Waals surface area contributed by atoms with Crippen LogP contribution in [0.4, 0.5) is 34.1 Å². The first-order chi connectivity index (χ1) is 34.0. The van der Waals surface area contributed by atoms with E-state index in [0.29, 0.717) is 51.2 Å². The standard InChI is InChI=1S/C57H28B3N5O4/c61-29-32-19-45-55-46(20-32)65(36-13-5-2-6-14-36)44-28-50-42(59-38-16-8-10-18-48(38)67-52-22-34(31-63)24-54(69-50)57(52)59)26-40(44)60(55)39-25-41-49(27-43(39)64(45)35-11-3-1-4-12-35)68-53-23-33(30-62)21-51-56(53)58(41)37-15-7-9-17-47(37)66-51/h1-28H. The Balaban J connectivity index is 1.05. The van der Waals surface area contributed by atoms with Crippen molar-refractivity contribution < 1.29 is 18.9 Å². The fourth-order valence-electron chi connectivity index (χ4n) is 11.8. The van der Waals surface area contributed by atoms with Crippen molar-refractivity contribution in [3.8, 4) is 64.2 Å². The van der Waals surface area contributed by atoms with Crippen LogP contribution in [0.1, 0.15) is 16.7 Å². The van der Waals surface area contributed by atoms with E-state index in [9.17, 15) is 15.8 Å². The highest BCUT2D eigenvalue weighted by molar-refractivity contribution is 7.03. The number of nitrogens with zero attached hydrogens (tertiary/aromatic N) is 5. The van der Waals surface area contributed by atoms with Gasteiger partial charge in [-0.15, -0.1) is 0 Å². The Bertz CT molecular complexity index is 3710. The van der Waals surface area contributed by atoms with Crippen molar-refractivity contribution in [2.24, 2.45) is 0 Å². The largest absolute Gasteiger partial charge is 0.458 e. The van der Waals surface area contributed by atoms with Gasteiger partial charge in [0.2, 0.25) is 0 Å². The molecule has 0 aromatic heterocycles. The van der Waals surface area contributed by atoms with Crippen LogP contribution >= 0.6 is 0 Å². The predicted molar refractivity (Wildman–Crippen MR) is 270 cm³/mol. The van der Waals surface area contributed by atoms with Gasteiger partial charge in [-0.3, -0.25) is 0 Å².